The first-order valence-corrected chi connectivity index (χ1v) is 12.7. The molecule has 0 radical (unpaired) electrons. The zero-order chi connectivity index (χ0) is 26.4. The van der Waals surface area contributed by atoms with Gasteiger partial charge < -0.3 is 31.1 Å². The SMILES string of the molecule is CO/N=C(\C(=O)N[C@@H]1C(=O)N2C(C(=O)[O-])=C(C[n+]3cc4c(n3C)CC(=O)NC4)CS[C@H]12)c1nsc(N)n1. The zero-order valence-corrected chi connectivity index (χ0v) is 21.2. The lowest BCUT2D eigenvalue weighted by Crippen LogP contribution is -2.71. The number of nitrogens with zero attached hydrogens (tertiary/aromatic N) is 6. The molecule has 37 heavy (non-hydrogen) atoms. The molecule has 17 heteroatoms. The van der Waals surface area contributed by atoms with Gasteiger partial charge in [0.15, 0.2) is 11.7 Å². The van der Waals surface area contributed by atoms with E-state index in [2.05, 4.69) is 25.1 Å². The number of hydrogen-bond donors (Lipinski definition) is 3. The highest BCUT2D eigenvalue weighted by Gasteiger charge is 2.53. The molecule has 2 aromatic rings. The van der Waals surface area contributed by atoms with E-state index in [1.807, 2.05) is 10.9 Å². The maximum atomic E-state index is 13.0. The number of anilines is 1. The minimum absolute atomic E-state index is 0.0569. The Morgan fingerprint density at radius 2 is 2.22 bits per heavy atom. The molecule has 15 nitrogen and oxygen atoms in total. The quantitative estimate of drug-likeness (QED) is 0.134. The summed E-state index contributed by atoms with van der Waals surface area (Å²) in [5.74, 6) is -2.71. The van der Waals surface area contributed by atoms with E-state index in [9.17, 15) is 24.3 Å². The Kier molecular flexibility index (Phi) is 6.32. The predicted octanol–water partition coefficient (Wildman–Crippen LogP) is -3.63. The highest BCUT2D eigenvalue weighted by atomic mass is 32.2. The van der Waals surface area contributed by atoms with Crippen molar-refractivity contribution in [3.8, 4) is 0 Å². The van der Waals surface area contributed by atoms with Crippen LogP contribution >= 0.6 is 23.3 Å². The number of fused-ring (bicyclic) bond motifs is 2. The van der Waals surface area contributed by atoms with Crippen LogP contribution in [0.15, 0.2) is 22.6 Å². The second kappa shape index (κ2) is 9.47. The lowest BCUT2D eigenvalue weighted by molar-refractivity contribution is -0.767. The van der Waals surface area contributed by atoms with Crippen LogP contribution in [0.5, 0.6) is 0 Å². The van der Waals surface area contributed by atoms with Crippen molar-refractivity contribution in [3.05, 3.63) is 34.5 Å². The number of hydrogen-bond acceptors (Lipinski definition) is 12. The predicted molar refractivity (Wildman–Crippen MR) is 126 cm³/mol. The molecule has 0 saturated carbocycles. The highest BCUT2D eigenvalue weighted by molar-refractivity contribution is 8.00. The van der Waals surface area contributed by atoms with Crippen LogP contribution in [0.4, 0.5) is 5.13 Å². The van der Waals surface area contributed by atoms with Crippen LogP contribution in [0.1, 0.15) is 17.1 Å². The Hall–Kier alpha value is -3.99. The molecule has 0 spiro atoms. The van der Waals surface area contributed by atoms with Crippen LogP contribution in [0, 0.1) is 0 Å². The average molecular weight is 548 g/mol. The standard InChI is InChI=1S/C20H21N9O6S2/c1-27-10-3-11(30)22-4-8(10)5-28(27)6-9-7-36-18-13(17(32)29(18)14(9)19(33)34)23-16(31)12(25-35-2)15-24-20(21)37-26-15/h5,13,18H,3-4,6-7H2,1-2H3,(H4-,21,22,23,24,26,30,31,33,34)/b25-12-/t13-,18-/m1/s1. The number of rotatable bonds is 7. The summed E-state index contributed by atoms with van der Waals surface area (Å²) >= 11 is 2.18. The Balaban J connectivity index is 1.36. The Morgan fingerprint density at radius 3 is 2.89 bits per heavy atom. The summed E-state index contributed by atoms with van der Waals surface area (Å²) in [7, 11) is 3.03. The van der Waals surface area contributed by atoms with Gasteiger partial charge in [-0.1, -0.05) is 5.16 Å². The maximum Gasteiger partial charge on any atom is 0.278 e. The van der Waals surface area contributed by atoms with E-state index in [0.29, 0.717) is 12.1 Å². The van der Waals surface area contributed by atoms with E-state index in [1.165, 1.54) is 18.9 Å². The van der Waals surface area contributed by atoms with Gasteiger partial charge in [-0.15, -0.1) is 16.4 Å². The molecule has 2 aromatic heterocycles. The molecule has 194 valence electrons. The summed E-state index contributed by atoms with van der Waals surface area (Å²) < 4.78 is 7.55. The van der Waals surface area contributed by atoms with Gasteiger partial charge in [0.25, 0.3) is 11.8 Å². The molecule has 3 amide bonds. The van der Waals surface area contributed by atoms with Gasteiger partial charge in [0, 0.05) is 22.9 Å². The van der Waals surface area contributed by atoms with E-state index >= 15 is 0 Å². The smallest absolute Gasteiger partial charge is 0.278 e. The second-order valence-electron chi connectivity index (χ2n) is 8.35. The fourth-order valence-electron chi connectivity index (χ4n) is 4.44. The first-order valence-electron chi connectivity index (χ1n) is 10.9. The van der Waals surface area contributed by atoms with Gasteiger partial charge in [0.1, 0.15) is 18.5 Å². The largest absolute Gasteiger partial charge is 0.543 e. The first kappa shape index (κ1) is 24.7. The fraction of sp³-hybridized carbons (Fsp3) is 0.400. The third-order valence-corrected chi connectivity index (χ3v) is 8.07. The van der Waals surface area contributed by atoms with Crippen LogP contribution < -0.4 is 26.2 Å². The third kappa shape index (κ3) is 4.29. The summed E-state index contributed by atoms with van der Waals surface area (Å²) in [5.41, 5.74) is 7.35. The van der Waals surface area contributed by atoms with Crippen LogP contribution in [0.2, 0.25) is 0 Å². The summed E-state index contributed by atoms with van der Waals surface area (Å²) in [6, 6.07) is -1.00. The number of oxime groups is 1. The van der Waals surface area contributed by atoms with Crippen LogP contribution in [-0.2, 0) is 50.6 Å². The number of nitrogens with two attached hydrogens (primary N) is 1. The molecule has 5 rings (SSSR count). The molecule has 0 aromatic carbocycles. The van der Waals surface area contributed by atoms with Gasteiger partial charge in [-0.25, -0.2) is 0 Å². The monoisotopic (exact) mass is 547 g/mol. The van der Waals surface area contributed by atoms with E-state index < -0.39 is 29.2 Å². The molecule has 4 N–H and O–H groups in total. The number of β-lactam (4-membered cyclic amide) rings is 1. The van der Waals surface area contributed by atoms with E-state index in [0.717, 1.165) is 27.7 Å². The first-order chi connectivity index (χ1) is 17.7. The van der Waals surface area contributed by atoms with Crippen molar-refractivity contribution in [2.75, 3.05) is 18.6 Å². The number of nitrogens with one attached hydrogen (secondary N) is 2. The molecule has 1 fully saturated rings. The number of carboxylic acid groups (broad SMARTS) is 1. The van der Waals surface area contributed by atoms with Crippen molar-refractivity contribution in [1.29, 1.82) is 0 Å². The number of thioether (sulfide) groups is 1. The molecular formula is C20H21N9O6S2. The lowest BCUT2D eigenvalue weighted by atomic mass is 10.0. The Bertz CT molecular complexity index is 1400. The minimum Gasteiger partial charge on any atom is -0.543 e. The van der Waals surface area contributed by atoms with Crippen molar-refractivity contribution in [2.45, 2.75) is 30.9 Å². The molecule has 0 bridgehead atoms. The van der Waals surface area contributed by atoms with Crippen LogP contribution in [0.25, 0.3) is 0 Å². The second-order valence-corrected chi connectivity index (χ2v) is 10.2. The van der Waals surface area contributed by atoms with Crippen molar-refractivity contribution in [2.24, 2.45) is 12.2 Å². The number of amides is 3. The van der Waals surface area contributed by atoms with E-state index in [-0.39, 0.29) is 47.0 Å². The zero-order valence-electron chi connectivity index (χ0n) is 19.6. The molecule has 0 aliphatic carbocycles. The molecule has 3 aliphatic rings. The lowest BCUT2D eigenvalue weighted by Gasteiger charge is -2.50. The molecular weight excluding hydrogens is 526 g/mol. The van der Waals surface area contributed by atoms with Gasteiger partial charge >= 0.3 is 0 Å². The van der Waals surface area contributed by atoms with Crippen LogP contribution in [-0.4, -0.2) is 72.6 Å². The topological polar surface area (TPSA) is 201 Å². The average Bonchev–Trinajstić information content (AvgIpc) is 3.43. The summed E-state index contributed by atoms with van der Waals surface area (Å²) in [5, 5.41) is 20.6. The minimum atomic E-state index is -1.49. The Morgan fingerprint density at radius 1 is 1.43 bits per heavy atom. The van der Waals surface area contributed by atoms with Gasteiger partial charge in [0.2, 0.25) is 23.6 Å². The van der Waals surface area contributed by atoms with Gasteiger partial charge in [-0.2, -0.15) is 14.0 Å². The molecule has 0 unspecified atom stereocenters. The number of nitrogen functional groups attached to an aromatic ring is 1. The highest BCUT2D eigenvalue weighted by Crippen LogP contribution is 2.40. The van der Waals surface area contributed by atoms with Crippen molar-refractivity contribution in [1.82, 2.24) is 29.6 Å². The van der Waals surface area contributed by atoms with Crippen molar-refractivity contribution in [3.63, 3.8) is 0 Å². The van der Waals surface area contributed by atoms with Crippen molar-refractivity contribution >= 4 is 57.8 Å². The van der Waals surface area contributed by atoms with E-state index in [1.54, 1.807) is 11.7 Å². The molecule has 2 atom stereocenters. The summed E-state index contributed by atoms with van der Waals surface area (Å²) in [6.45, 7) is 0.574. The van der Waals surface area contributed by atoms with Gasteiger partial charge in [0.05, 0.1) is 42.9 Å². The Labute approximate surface area is 217 Å². The normalized spacial score (nSPS) is 21.1. The fourth-order valence-corrected chi connectivity index (χ4v) is 6.21. The summed E-state index contributed by atoms with van der Waals surface area (Å²) in [4.78, 5) is 59.5. The van der Waals surface area contributed by atoms with Crippen LogP contribution in [0.3, 0.4) is 0 Å². The number of carbonyl (C=O) groups excluding carboxylic acids is 4. The maximum absolute atomic E-state index is 13.0. The molecule has 3 aliphatic heterocycles. The number of aromatic nitrogens is 4. The van der Waals surface area contributed by atoms with E-state index in [4.69, 9.17) is 10.6 Å². The molecule has 1 saturated heterocycles. The number of carboxylic acids is 1. The van der Waals surface area contributed by atoms with Gasteiger partial charge in [-0.05, 0) is 0 Å². The van der Waals surface area contributed by atoms with Crippen molar-refractivity contribution < 1.29 is 33.8 Å². The number of carbonyl (C=O) groups is 4. The third-order valence-electron chi connectivity index (χ3n) is 6.19. The van der Waals surface area contributed by atoms with Gasteiger partial charge in [-0.3, -0.25) is 19.3 Å². The molecule has 5 heterocycles. The number of aliphatic carboxylic acids is 1. The summed E-state index contributed by atoms with van der Waals surface area (Å²) in [6.07, 6.45) is 2.08.